The maximum absolute atomic E-state index is 12.9. The van der Waals surface area contributed by atoms with Crippen LogP contribution in [0.25, 0.3) is 11.0 Å². The summed E-state index contributed by atoms with van der Waals surface area (Å²) in [4.78, 5) is 14.1. The molecule has 0 aliphatic rings. The van der Waals surface area contributed by atoms with Crippen LogP contribution in [0.4, 0.5) is 0 Å². The van der Waals surface area contributed by atoms with Crippen LogP contribution in [0.3, 0.4) is 0 Å². The Morgan fingerprint density at radius 2 is 1.67 bits per heavy atom. The summed E-state index contributed by atoms with van der Waals surface area (Å²) >= 11 is 0. The van der Waals surface area contributed by atoms with E-state index in [-0.39, 0.29) is 11.9 Å². The van der Waals surface area contributed by atoms with Gasteiger partial charge < -0.3 is 10.2 Å². The second-order valence-corrected chi connectivity index (χ2v) is 7.78. The van der Waals surface area contributed by atoms with E-state index in [2.05, 4.69) is 41.9 Å². The monoisotopic (exact) mass is 400 g/mol. The molecule has 1 heterocycles. The third-order valence-corrected chi connectivity index (χ3v) is 5.09. The van der Waals surface area contributed by atoms with E-state index in [1.807, 2.05) is 71.4 Å². The first-order chi connectivity index (χ1) is 14.6. The third-order valence-electron chi connectivity index (χ3n) is 5.09. The van der Waals surface area contributed by atoms with Crippen LogP contribution in [-0.2, 0) is 6.54 Å². The van der Waals surface area contributed by atoms with Crippen LogP contribution in [0.15, 0.2) is 78.9 Å². The van der Waals surface area contributed by atoms with Crippen molar-refractivity contribution >= 4 is 16.9 Å². The standard InChI is InChI=1S/C24H25N5O/c1-28(2)17-22(19-8-4-3-5-9-19)25-24(30)20-14-12-18(13-15-20)16-29-23-11-7-6-10-21(23)26-27-29/h3-15,22H,16-17H2,1-2H3,(H,25,30)/p+1/t22-/m1/s1. The summed E-state index contributed by atoms with van der Waals surface area (Å²) in [6.45, 7) is 1.42. The second kappa shape index (κ2) is 8.88. The topological polar surface area (TPSA) is 64.2 Å². The van der Waals surface area contributed by atoms with Crippen LogP contribution >= 0.6 is 0 Å². The smallest absolute Gasteiger partial charge is 0.251 e. The molecule has 3 aromatic carbocycles. The van der Waals surface area contributed by atoms with Crippen LogP contribution in [0.2, 0.25) is 0 Å². The molecule has 2 N–H and O–H groups in total. The molecule has 1 amide bonds. The molecule has 0 saturated carbocycles. The van der Waals surface area contributed by atoms with Gasteiger partial charge in [0.25, 0.3) is 5.91 Å². The Hall–Kier alpha value is -3.51. The number of aromatic nitrogens is 3. The number of para-hydroxylation sites is 1. The zero-order valence-electron chi connectivity index (χ0n) is 17.2. The minimum absolute atomic E-state index is 0.0371. The number of hydrogen-bond donors (Lipinski definition) is 2. The van der Waals surface area contributed by atoms with Gasteiger partial charge in [0.2, 0.25) is 0 Å². The van der Waals surface area contributed by atoms with Crippen LogP contribution in [0.5, 0.6) is 0 Å². The van der Waals surface area contributed by atoms with Gasteiger partial charge in [-0.3, -0.25) is 4.79 Å². The highest BCUT2D eigenvalue weighted by molar-refractivity contribution is 5.94. The van der Waals surface area contributed by atoms with Crippen LogP contribution < -0.4 is 10.2 Å². The SMILES string of the molecule is C[NH+](C)C[C@@H](NC(=O)c1ccc(Cn2nnc3ccccc32)cc1)c1ccccc1. The van der Waals surface area contributed by atoms with Crippen molar-refractivity contribution in [2.75, 3.05) is 20.6 Å². The minimum Gasteiger partial charge on any atom is -0.340 e. The molecular formula is C24H26N5O+. The first kappa shape index (κ1) is 19.8. The molecule has 1 aromatic heterocycles. The summed E-state index contributed by atoms with van der Waals surface area (Å²) in [6.07, 6.45) is 0. The highest BCUT2D eigenvalue weighted by atomic mass is 16.1. The molecule has 0 spiro atoms. The van der Waals surface area contributed by atoms with Gasteiger partial charge in [-0.05, 0) is 35.4 Å². The molecule has 0 saturated heterocycles. The van der Waals surface area contributed by atoms with Crippen molar-refractivity contribution in [3.05, 3.63) is 95.6 Å². The lowest BCUT2D eigenvalue weighted by atomic mass is 10.1. The second-order valence-electron chi connectivity index (χ2n) is 7.78. The number of hydrogen-bond acceptors (Lipinski definition) is 3. The number of nitrogens with zero attached hydrogens (tertiary/aromatic N) is 3. The lowest BCUT2D eigenvalue weighted by Crippen LogP contribution is -3.06. The zero-order chi connectivity index (χ0) is 20.9. The van der Waals surface area contributed by atoms with Gasteiger partial charge in [0.05, 0.1) is 26.2 Å². The average molecular weight is 401 g/mol. The molecule has 0 aliphatic carbocycles. The van der Waals surface area contributed by atoms with E-state index in [1.165, 1.54) is 4.90 Å². The molecular weight excluding hydrogens is 374 g/mol. The molecule has 6 heteroatoms. The molecule has 30 heavy (non-hydrogen) atoms. The van der Waals surface area contributed by atoms with Crippen LogP contribution in [-0.4, -0.2) is 41.5 Å². The van der Waals surface area contributed by atoms with Gasteiger partial charge >= 0.3 is 0 Å². The summed E-state index contributed by atoms with van der Waals surface area (Å²) in [6, 6.07) is 25.6. The zero-order valence-corrected chi connectivity index (χ0v) is 17.2. The fraction of sp³-hybridized carbons (Fsp3) is 0.208. The van der Waals surface area contributed by atoms with Crippen molar-refractivity contribution in [2.24, 2.45) is 0 Å². The predicted octanol–water partition coefficient (Wildman–Crippen LogP) is 2.10. The number of benzene rings is 3. The maximum Gasteiger partial charge on any atom is 0.251 e. The molecule has 6 nitrogen and oxygen atoms in total. The van der Waals surface area contributed by atoms with Crippen molar-refractivity contribution in [2.45, 2.75) is 12.6 Å². The third kappa shape index (κ3) is 4.55. The number of nitrogens with one attached hydrogen (secondary N) is 2. The van der Waals surface area contributed by atoms with E-state index in [9.17, 15) is 4.79 Å². The largest absolute Gasteiger partial charge is 0.340 e. The fourth-order valence-corrected chi connectivity index (χ4v) is 3.56. The summed E-state index contributed by atoms with van der Waals surface area (Å²) in [7, 11) is 4.18. The van der Waals surface area contributed by atoms with Gasteiger partial charge in [-0.15, -0.1) is 5.10 Å². The lowest BCUT2D eigenvalue weighted by molar-refractivity contribution is -0.860. The normalized spacial score (nSPS) is 12.2. The van der Waals surface area contributed by atoms with E-state index < -0.39 is 0 Å². The average Bonchev–Trinajstić information content (AvgIpc) is 3.17. The van der Waals surface area contributed by atoms with E-state index >= 15 is 0 Å². The number of likely N-dealkylation sites (N-methyl/N-ethyl adjacent to an activating group) is 1. The Kier molecular flexibility index (Phi) is 5.86. The molecule has 0 radical (unpaired) electrons. The van der Waals surface area contributed by atoms with E-state index in [1.54, 1.807) is 0 Å². The Morgan fingerprint density at radius 1 is 0.967 bits per heavy atom. The summed E-state index contributed by atoms with van der Waals surface area (Å²) in [5.74, 6) is -0.0668. The van der Waals surface area contributed by atoms with Crippen molar-refractivity contribution in [1.29, 1.82) is 0 Å². The molecule has 4 aromatic rings. The Balaban J connectivity index is 1.47. The fourth-order valence-electron chi connectivity index (χ4n) is 3.56. The van der Waals surface area contributed by atoms with Crippen LogP contribution in [0, 0.1) is 0 Å². The van der Waals surface area contributed by atoms with Gasteiger partial charge in [0.1, 0.15) is 18.1 Å². The van der Waals surface area contributed by atoms with Gasteiger partial charge in [-0.1, -0.05) is 59.8 Å². The first-order valence-electron chi connectivity index (χ1n) is 10.1. The highest BCUT2D eigenvalue weighted by Crippen LogP contribution is 2.15. The van der Waals surface area contributed by atoms with Crippen molar-refractivity contribution in [3.63, 3.8) is 0 Å². The quantitative estimate of drug-likeness (QED) is 0.499. The van der Waals surface area contributed by atoms with Gasteiger partial charge in [-0.25, -0.2) is 4.68 Å². The highest BCUT2D eigenvalue weighted by Gasteiger charge is 2.18. The van der Waals surface area contributed by atoms with Crippen LogP contribution in [0.1, 0.15) is 27.5 Å². The van der Waals surface area contributed by atoms with Gasteiger partial charge in [0.15, 0.2) is 0 Å². The molecule has 1 atom stereocenters. The number of fused-ring (bicyclic) bond motifs is 1. The summed E-state index contributed by atoms with van der Waals surface area (Å²) < 4.78 is 1.87. The lowest BCUT2D eigenvalue weighted by Gasteiger charge is -2.21. The number of rotatable bonds is 7. The summed E-state index contributed by atoms with van der Waals surface area (Å²) in [5.41, 5.74) is 4.71. The summed E-state index contributed by atoms with van der Waals surface area (Å²) in [5, 5.41) is 11.6. The van der Waals surface area contributed by atoms with Gasteiger partial charge in [0, 0.05) is 5.56 Å². The van der Waals surface area contributed by atoms with Crippen molar-refractivity contribution < 1.29 is 9.69 Å². The Morgan fingerprint density at radius 3 is 2.40 bits per heavy atom. The minimum atomic E-state index is -0.0668. The molecule has 0 unspecified atom stereocenters. The molecule has 0 bridgehead atoms. The Bertz CT molecular complexity index is 1120. The van der Waals surface area contributed by atoms with E-state index in [0.717, 1.165) is 28.7 Å². The maximum atomic E-state index is 12.9. The van der Waals surface area contributed by atoms with Gasteiger partial charge in [-0.2, -0.15) is 0 Å². The molecule has 0 fully saturated rings. The number of carbonyl (C=O) groups excluding carboxylic acids is 1. The van der Waals surface area contributed by atoms with Crippen molar-refractivity contribution in [3.8, 4) is 0 Å². The predicted molar refractivity (Wildman–Crippen MR) is 117 cm³/mol. The number of amides is 1. The molecule has 152 valence electrons. The molecule has 0 aliphatic heterocycles. The number of carbonyl (C=O) groups is 1. The van der Waals surface area contributed by atoms with E-state index in [4.69, 9.17) is 0 Å². The number of quaternary nitrogens is 1. The Labute approximate surface area is 176 Å². The first-order valence-corrected chi connectivity index (χ1v) is 10.1. The van der Waals surface area contributed by atoms with Crippen molar-refractivity contribution in [1.82, 2.24) is 20.3 Å². The molecule has 4 rings (SSSR count). The van der Waals surface area contributed by atoms with E-state index in [0.29, 0.717) is 12.1 Å².